The maximum atomic E-state index is 14.5. The number of aromatic hydroxyl groups is 1. The van der Waals surface area contributed by atoms with E-state index in [1.807, 2.05) is 32.0 Å². The van der Waals surface area contributed by atoms with E-state index >= 15 is 0 Å². The summed E-state index contributed by atoms with van der Waals surface area (Å²) in [6.07, 6.45) is 0.0515. The highest BCUT2D eigenvalue weighted by Gasteiger charge is 2.48. The Morgan fingerprint density at radius 2 is 1.76 bits per heavy atom. The molecule has 1 saturated carbocycles. The zero-order valence-electron chi connectivity index (χ0n) is 25.3. The van der Waals surface area contributed by atoms with E-state index in [1.54, 1.807) is 50.8 Å². The molecule has 1 fully saturated rings. The Hall–Kier alpha value is -4.08. The molecule has 0 bridgehead atoms. The number of phenolic OH excluding ortho intramolecular Hbond substituents is 1. The van der Waals surface area contributed by atoms with Gasteiger partial charge in [0.2, 0.25) is 11.8 Å². The molecule has 3 N–H and O–H groups in total. The molecule has 228 valence electrons. The molecule has 10 nitrogen and oxygen atoms in total. The van der Waals surface area contributed by atoms with Crippen LogP contribution in [0.2, 0.25) is 0 Å². The first-order valence-electron chi connectivity index (χ1n) is 14.4. The average Bonchev–Trinajstić information content (AvgIpc) is 3.62. The lowest BCUT2D eigenvalue weighted by Crippen LogP contribution is -2.54. The lowest BCUT2D eigenvalue weighted by Gasteiger charge is -2.35. The average molecular weight is 582 g/mol. The monoisotopic (exact) mass is 581 g/mol. The van der Waals surface area contributed by atoms with Gasteiger partial charge in [-0.2, -0.15) is 0 Å². The number of rotatable bonds is 12. The minimum Gasteiger partial charge on any atom is -0.508 e. The van der Waals surface area contributed by atoms with Crippen molar-refractivity contribution in [1.82, 2.24) is 15.5 Å². The van der Waals surface area contributed by atoms with Crippen molar-refractivity contribution in [1.29, 1.82) is 0 Å². The van der Waals surface area contributed by atoms with Crippen LogP contribution in [-0.4, -0.2) is 64.7 Å². The van der Waals surface area contributed by atoms with E-state index in [2.05, 4.69) is 10.6 Å². The highest BCUT2D eigenvalue weighted by atomic mass is 16.6. The molecular formula is C32H43N3O7. The summed E-state index contributed by atoms with van der Waals surface area (Å²) in [4.78, 5) is 54.6. The Balaban J connectivity index is 1.99. The van der Waals surface area contributed by atoms with Gasteiger partial charge in [0.1, 0.15) is 23.4 Å². The molecule has 0 aliphatic heterocycles. The molecule has 0 radical (unpaired) electrons. The van der Waals surface area contributed by atoms with Gasteiger partial charge >= 0.3 is 12.1 Å². The Bertz CT molecular complexity index is 1260. The van der Waals surface area contributed by atoms with Gasteiger partial charge < -0.3 is 30.1 Å². The third-order valence-electron chi connectivity index (χ3n) is 6.86. The quantitative estimate of drug-likeness (QED) is 0.320. The molecule has 2 aromatic rings. The van der Waals surface area contributed by atoms with Crippen molar-refractivity contribution in [2.75, 3.05) is 13.2 Å². The van der Waals surface area contributed by atoms with Crippen LogP contribution in [0.1, 0.15) is 70.2 Å². The van der Waals surface area contributed by atoms with Crippen molar-refractivity contribution in [3.05, 3.63) is 65.2 Å². The molecule has 1 aliphatic rings. The topological polar surface area (TPSA) is 134 Å². The molecule has 3 rings (SSSR count). The second-order valence-corrected chi connectivity index (χ2v) is 11.8. The summed E-state index contributed by atoms with van der Waals surface area (Å²) < 4.78 is 10.4. The summed E-state index contributed by atoms with van der Waals surface area (Å²) in [5, 5.41) is 15.3. The number of carbonyl (C=O) groups excluding carboxylic acids is 4. The molecule has 0 spiro atoms. The van der Waals surface area contributed by atoms with Crippen LogP contribution in [0.25, 0.3) is 0 Å². The van der Waals surface area contributed by atoms with Gasteiger partial charge in [0.05, 0.1) is 13.0 Å². The van der Waals surface area contributed by atoms with Crippen molar-refractivity contribution in [2.45, 2.75) is 84.5 Å². The van der Waals surface area contributed by atoms with Crippen LogP contribution in [0.3, 0.4) is 0 Å². The minimum absolute atomic E-state index is 0.00241. The van der Waals surface area contributed by atoms with E-state index in [0.29, 0.717) is 17.5 Å². The summed E-state index contributed by atoms with van der Waals surface area (Å²) in [7, 11) is 0. The number of esters is 1. The molecule has 4 atom stereocenters. The number of carbonyl (C=O) groups is 4. The minimum atomic E-state index is -1.06. The van der Waals surface area contributed by atoms with Crippen LogP contribution >= 0.6 is 0 Å². The van der Waals surface area contributed by atoms with E-state index in [9.17, 15) is 24.3 Å². The van der Waals surface area contributed by atoms with E-state index < -0.39 is 41.6 Å². The van der Waals surface area contributed by atoms with Gasteiger partial charge in [0.25, 0.3) is 0 Å². The summed E-state index contributed by atoms with van der Waals surface area (Å²) >= 11 is 0. The van der Waals surface area contributed by atoms with E-state index in [-0.39, 0.29) is 43.7 Å². The fraction of sp³-hybridized carbons (Fsp3) is 0.500. The SMILES string of the molecule is CCOC(=O)CCNC(=O)C(c1cccc(C)c1)N(C(=O)C(Cc1ccc(O)cc1)NC(=O)OC(C)(C)C)C1CC1C. The lowest BCUT2D eigenvalue weighted by atomic mass is 9.98. The third kappa shape index (κ3) is 9.49. The predicted octanol–water partition coefficient (Wildman–Crippen LogP) is 4.18. The molecule has 0 heterocycles. The van der Waals surface area contributed by atoms with Gasteiger partial charge in [-0.05, 0) is 70.2 Å². The standard InChI is InChI=1S/C32H43N3O7/c1-7-41-27(37)15-16-33-29(38)28(23-10-8-9-20(2)17-23)35(26-18-21(26)3)30(39)25(34-31(40)42-32(4,5)6)19-22-11-13-24(36)14-12-22/h8-14,17,21,25-26,28,36H,7,15-16,18-19H2,1-6H3,(H,33,38)(H,34,40). The van der Waals surface area contributed by atoms with Crippen molar-refractivity contribution in [3.8, 4) is 5.75 Å². The first-order valence-corrected chi connectivity index (χ1v) is 14.4. The van der Waals surface area contributed by atoms with E-state index in [4.69, 9.17) is 9.47 Å². The fourth-order valence-corrected chi connectivity index (χ4v) is 4.77. The number of alkyl carbamates (subject to hydrolysis) is 1. The van der Waals surface area contributed by atoms with Gasteiger partial charge in [-0.25, -0.2) is 4.79 Å². The maximum absolute atomic E-state index is 14.5. The number of ether oxygens (including phenoxy) is 2. The zero-order valence-corrected chi connectivity index (χ0v) is 25.3. The predicted molar refractivity (Wildman–Crippen MR) is 158 cm³/mol. The van der Waals surface area contributed by atoms with Crippen LogP contribution in [0.15, 0.2) is 48.5 Å². The number of phenols is 1. The third-order valence-corrected chi connectivity index (χ3v) is 6.86. The number of hydrogen-bond donors (Lipinski definition) is 3. The second-order valence-electron chi connectivity index (χ2n) is 11.8. The first kappa shape index (κ1) is 32.4. The first-order chi connectivity index (χ1) is 19.8. The highest BCUT2D eigenvalue weighted by Crippen LogP contribution is 2.41. The largest absolute Gasteiger partial charge is 0.508 e. The summed E-state index contributed by atoms with van der Waals surface area (Å²) in [5.41, 5.74) is 1.46. The number of aryl methyl sites for hydroxylation is 1. The van der Waals surface area contributed by atoms with Crippen LogP contribution in [0.4, 0.5) is 4.79 Å². The number of amides is 3. The Kier molecular flexibility index (Phi) is 11.0. The van der Waals surface area contributed by atoms with Crippen LogP contribution in [0.5, 0.6) is 5.75 Å². The normalized spacial score (nSPS) is 17.4. The Morgan fingerprint density at radius 1 is 1.10 bits per heavy atom. The molecular weight excluding hydrogens is 538 g/mol. The molecule has 0 aromatic heterocycles. The smallest absolute Gasteiger partial charge is 0.408 e. The summed E-state index contributed by atoms with van der Waals surface area (Å²) in [6, 6.07) is 11.5. The van der Waals surface area contributed by atoms with E-state index in [1.165, 1.54) is 12.1 Å². The van der Waals surface area contributed by atoms with Gasteiger partial charge in [-0.1, -0.05) is 48.9 Å². The van der Waals surface area contributed by atoms with Crippen LogP contribution in [-0.2, 0) is 30.3 Å². The number of nitrogens with zero attached hydrogens (tertiary/aromatic N) is 1. The van der Waals surface area contributed by atoms with Crippen molar-refractivity contribution >= 4 is 23.9 Å². The molecule has 10 heteroatoms. The lowest BCUT2D eigenvalue weighted by molar-refractivity contribution is -0.145. The van der Waals surface area contributed by atoms with E-state index in [0.717, 1.165) is 5.56 Å². The summed E-state index contributed by atoms with van der Waals surface area (Å²) in [5.74, 6) is -1.07. The molecule has 2 aromatic carbocycles. The van der Waals surface area contributed by atoms with Crippen molar-refractivity contribution in [3.63, 3.8) is 0 Å². The molecule has 42 heavy (non-hydrogen) atoms. The van der Waals surface area contributed by atoms with Gasteiger partial charge in [-0.3, -0.25) is 14.4 Å². The van der Waals surface area contributed by atoms with Crippen molar-refractivity contribution < 1.29 is 33.8 Å². The molecule has 3 amide bonds. The van der Waals surface area contributed by atoms with Gasteiger partial charge in [0, 0.05) is 19.0 Å². The van der Waals surface area contributed by atoms with Crippen LogP contribution < -0.4 is 10.6 Å². The second kappa shape index (κ2) is 14.2. The van der Waals surface area contributed by atoms with Gasteiger partial charge in [0.15, 0.2) is 0 Å². The number of benzene rings is 2. The molecule has 0 saturated heterocycles. The Morgan fingerprint density at radius 3 is 2.33 bits per heavy atom. The highest BCUT2D eigenvalue weighted by molar-refractivity contribution is 5.93. The van der Waals surface area contributed by atoms with Crippen LogP contribution in [0, 0.1) is 12.8 Å². The number of hydrogen-bond acceptors (Lipinski definition) is 7. The number of nitrogens with one attached hydrogen (secondary N) is 2. The fourth-order valence-electron chi connectivity index (χ4n) is 4.77. The Labute approximate surface area is 247 Å². The zero-order chi connectivity index (χ0) is 31.0. The molecule has 4 unspecified atom stereocenters. The van der Waals surface area contributed by atoms with Crippen molar-refractivity contribution in [2.24, 2.45) is 5.92 Å². The summed E-state index contributed by atoms with van der Waals surface area (Å²) in [6.45, 7) is 11.1. The maximum Gasteiger partial charge on any atom is 0.408 e. The molecule has 1 aliphatic carbocycles. The van der Waals surface area contributed by atoms with Gasteiger partial charge in [-0.15, -0.1) is 0 Å².